The molecule has 0 aliphatic carbocycles. The van der Waals surface area contributed by atoms with E-state index in [9.17, 15) is 4.79 Å². The molecule has 7 heavy (non-hydrogen) atoms. The van der Waals surface area contributed by atoms with Gasteiger partial charge in [0.15, 0.2) is 5.78 Å². The highest BCUT2D eigenvalue weighted by molar-refractivity contribution is 6.19. The summed E-state index contributed by atoms with van der Waals surface area (Å²) in [5.74, 6) is 0.403. The number of carbonyl (C=O) groups excluding carboxylic acids is 1. The van der Waals surface area contributed by atoms with Gasteiger partial charge in [0.2, 0.25) is 0 Å². The van der Waals surface area contributed by atoms with Gasteiger partial charge < -0.3 is 0 Å². The van der Waals surface area contributed by atoms with Crippen molar-refractivity contribution in [2.75, 3.05) is 5.88 Å². The van der Waals surface area contributed by atoms with Gasteiger partial charge in [0, 0.05) is 12.3 Å². The van der Waals surface area contributed by atoms with Gasteiger partial charge in [-0.25, -0.2) is 0 Å². The van der Waals surface area contributed by atoms with Crippen LogP contribution in [0.4, 0.5) is 0 Å². The molecule has 0 rings (SSSR count). The van der Waals surface area contributed by atoms with Crippen LogP contribution in [0, 0.1) is 0 Å². The predicted octanol–water partition coefficient (Wildman–Crippen LogP) is 1.37. The molecule has 0 aliphatic heterocycles. The van der Waals surface area contributed by atoms with Crippen molar-refractivity contribution in [3.05, 3.63) is 12.7 Å². The van der Waals surface area contributed by atoms with E-state index in [1.807, 2.05) is 0 Å². The van der Waals surface area contributed by atoms with Crippen LogP contribution in [0.1, 0.15) is 6.42 Å². The maximum Gasteiger partial charge on any atom is 0.156 e. The molecule has 0 bridgehead atoms. The molecule has 1 nitrogen and oxygen atoms in total. The zero-order chi connectivity index (χ0) is 5.70. The third-order valence-electron chi connectivity index (χ3n) is 0.569. The van der Waals surface area contributed by atoms with Crippen LogP contribution in [0.3, 0.4) is 0 Å². The third kappa shape index (κ3) is 3.53. The number of ketones is 1. The molecule has 0 aliphatic rings. The summed E-state index contributed by atoms with van der Waals surface area (Å²) in [6.45, 7) is 3.27. The quantitative estimate of drug-likeness (QED) is 0.404. The van der Waals surface area contributed by atoms with Crippen LogP contribution in [0.25, 0.3) is 0 Å². The van der Waals surface area contributed by atoms with Gasteiger partial charge in [-0.05, 0) is 6.08 Å². The maximum absolute atomic E-state index is 10.2. The predicted molar refractivity (Wildman–Crippen MR) is 30.5 cm³/mol. The summed E-state index contributed by atoms with van der Waals surface area (Å²) >= 11 is 5.21. The van der Waals surface area contributed by atoms with E-state index in [0.717, 1.165) is 0 Å². The monoisotopic (exact) mass is 118 g/mol. The molecule has 0 N–H and O–H groups in total. The topological polar surface area (TPSA) is 17.1 Å². The highest BCUT2D eigenvalue weighted by Gasteiger charge is 1.88. The second-order valence-electron chi connectivity index (χ2n) is 1.11. The lowest BCUT2D eigenvalue weighted by atomic mass is 10.3. The Labute approximate surface area is 48.0 Å². The van der Waals surface area contributed by atoms with Gasteiger partial charge in [0.05, 0.1) is 0 Å². The third-order valence-corrected chi connectivity index (χ3v) is 0.758. The van der Waals surface area contributed by atoms with Crippen LogP contribution in [-0.4, -0.2) is 11.7 Å². The van der Waals surface area contributed by atoms with Crippen LogP contribution in [0.5, 0.6) is 0 Å². The standard InChI is InChI=1S/C5H7ClO/c1-2-5(7)3-4-6/h2H,1,3-4H2. The van der Waals surface area contributed by atoms with E-state index >= 15 is 0 Å². The minimum absolute atomic E-state index is 0.00926. The Morgan fingerprint density at radius 3 is 2.57 bits per heavy atom. The second-order valence-corrected chi connectivity index (χ2v) is 1.49. The molecule has 40 valence electrons. The Morgan fingerprint density at radius 2 is 2.43 bits per heavy atom. The Bertz CT molecular complexity index is 78.1. The molecule has 0 unspecified atom stereocenters. The van der Waals surface area contributed by atoms with Crippen LogP contribution >= 0.6 is 11.6 Å². The molecule has 0 saturated carbocycles. The van der Waals surface area contributed by atoms with Gasteiger partial charge in [-0.1, -0.05) is 6.58 Å². The molecule has 0 spiro atoms. The number of rotatable bonds is 3. The number of hydrogen-bond acceptors (Lipinski definition) is 1. The van der Waals surface area contributed by atoms with Gasteiger partial charge in [-0.2, -0.15) is 0 Å². The lowest BCUT2D eigenvalue weighted by Gasteiger charge is -1.81. The summed E-state index contributed by atoms with van der Waals surface area (Å²) in [5, 5.41) is 0. The normalized spacial score (nSPS) is 8.14. The van der Waals surface area contributed by atoms with Crippen LogP contribution in [-0.2, 0) is 4.79 Å². The van der Waals surface area contributed by atoms with Crippen molar-refractivity contribution in [2.24, 2.45) is 0 Å². The Kier molecular flexibility index (Phi) is 3.71. The van der Waals surface area contributed by atoms with Crippen LogP contribution < -0.4 is 0 Å². The lowest BCUT2D eigenvalue weighted by molar-refractivity contribution is -0.114. The van der Waals surface area contributed by atoms with Gasteiger partial charge in [-0.15, -0.1) is 11.6 Å². The Hall–Kier alpha value is -0.300. The zero-order valence-corrected chi connectivity index (χ0v) is 4.74. The van der Waals surface area contributed by atoms with E-state index in [0.29, 0.717) is 12.3 Å². The molecular weight excluding hydrogens is 112 g/mol. The van der Waals surface area contributed by atoms with E-state index in [1.165, 1.54) is 6.08 Å². The fraction of sp³-hybridized carbons (Fsp3) is 0.400. The highest BCUT2D eigenvalue weighted by atomic mass is 35.5. The first kappa shape index (κ1) is 6.70. The summed E-state index contributed by atoms with van der Waals surface area (Å²) in [6, 6.07) is 0. The maximum atomic E-state index is 10.2. The fourth-order valence-corrected chi connectivity index (χ4v) is 0.381. The number of hydrogen-bond donors (Lipinski definition) is 0. The van der Waals surface area contributed by atoms with Gasteiger partial charge >= 0.3 is 0 Å². The molecule has 0 radical (unpaired) electrons. The van der Waals surface area contributed by atoms with E-state index in [1.54, 1.807) is 0 Å². The van der Waals surface area contributed by atoms with E-state index in [-0.39, 0.29) is 5.78 Å². The minimum Gasteiger partial charge on any atom is -0.295 e. The van der Waals surface area contributed by atoms with E-state index in [4.69, 9.17) is 11.6 Å². The number of allylic oxidation sites excluding steroid dienone is 1. The second kappa shape index (κ2) is 3.88. The Morgan fingerprint density at radius 1 is 1.86 bits per heavy atom. The highest BCUT2D eigenvalue weighted by Crippen LogP contribution is 1.85. The molecule has 0 aromatic carbocycles. The molecule has 0 amide bonds. The molecular formula is C5H7ClO. The smallest absolute Gasteiger partial charge is 0.156 e. The average Bonchev–Trinajstić information content (AvgIpc) is 1.68. The lowest BCUT2D eigenvalue weighted by Crippen LogP contribution is -1.90. The summed E-state index contributed by atoms with van der Waals surface area (Å²) in [7, 11) is 0. The van der Waals surface area contributed by atoms with Crippen molar-refractivity contribution in [3.8, 4) is 0 Å². The average molecular weight is 119 g/mol. The Balaban J connectivity index is 3.17. The molecule has 0 heterocycles. The molecule has 0 atom stereocenters. The molecule has 2 heteroatoms. The molecule has 0 saturated heterocycles. The van der Waals surface area contributed by atoms with Crippen LogP contribution in [0.2, 0.25) is 0 Å². The van der Waals surface area contributed by atoms with Crippen molar-refractivity contribution in [2.45, 2.75) is 6.42 Å². The first-order valence-corrected chi connectivity index (χ1v) is 2.56. The van der Waals surface area contributed by atoms with E-state index in [2.05, 4.69) is 6.58 Å². The SMILES string of the molecule is C=CC(=O)CCCl. The van der Waals surface area contributed by atoms with Gasteiger partial charge in [0.1, 0.15) is 0 Å². The summed E-state index contributed by atoms with van der Waals surface area (Å²) in [4.78, 5) is 10.2. The summed E-state index contributed by atoms with van der Waals surface area (Å²) in [5.41, 5.74) is 0. The molecule has 0 aromatic heterocycles. The van der Waals surface area contributed by atoms with Crippen molar-refractivity contribution < 1.29 is 4.79 Å². The van der Waals surface area contributed by atoms with Crippen molar-refractivity contribution in [3.63, 3.8) is 0 Å². The van der Waals surface area contributed by atoms with Crippen molar-refractivity contribution in [1.29, 1.82) is 0 Å². The first-order valence-electron chi connectivity index (χ1n) is 2.02. The van der Waals surface area contributed by atoms with Crippen molar-refractivity contribution in [1.82, 2.24) is 0 Å². The largest absolute Gasteiger partial charge is 0.295 e. The van der Waals surface area contributed by atoms with Gasteiger partial charge in [-0.3, -0.25) is 4.79 Å². The van der Waals surface area contributed by atoms with Crippen LogP contribution in [0.15, 0.2) is 12.7 Å². The zero-order valence-electron chi connectivity index (χ0n) is 3.98. The fourth-order valence-electron chi connectivity index (χ4n) is 0.195. The van der Waals surface area contributed by atoms with Crippen molar-refractivity contribution >= 4 is 17.4 Å². The minimum atomic E-state index is 0.00926. The number of alkyl halides is 1. The summed E-state index contributed by atoms with van der Waals surface area (Å²) in [6.07, 6.45) is 1.69. The van der Waals surface area contributed by atoms with Gasteiger partial charge in [0.25, 0.3) is 0 Å². The molecule has 0 aromatic rings. The summed E-state index contributed by atoms with van der Waals surface area (Å²) < 4.78 is 0. The van der Waals surface area contributed by atoms with E-state index < -0.39 is 0 Å². The molecule has 0 fully saturated rings. The number of halogens is 1. The number of carbonyl (C=O) groups is 1. The first-order chi connectivity index (χ1) is 3.31.